The molecular formula is C22H21NO5S. The maximum Gasteiger partial charge on any atom is 0.297 e. The van der Waals surface area contributed by atoms with E-state index in [-0.39, 0.29) is 35.7 Å². The summed E-state index contributed by atoms with van der Waals surface area (Å²) in [5.74, 6) is 5.00. The van der Waals surface area contributed by atoms with Gasteiger partial charge >= 0.3 is 0 Å². The molecular weight excluding hydrogens is 390 g/mol. The van der Waals surface area contributed by atoms with E-state index in [1.165, 1.54) is 12.1 Å². The Morgan fingerprint density at radius 1 is 1.07 bits per heavy atom. The molecule has 0 aromatic heterocycles. The number of hydrogen-bond donors (Lipinski definition) is 1. The third kappa shape index (κ3) is 5.53. The van der Waals surface area contributed by atoms with Gasteiger partial charge < -0.3 is 0 Å². The number of piperidine rings is 1. The fourth-order valence-corrected chi connectivity index (χ4v) is 3.86. The van der Waals surface area contributed by atoms with Crippen LogP contribution in [0.25, 0.3) is 0 Å². The summed E-state index contributed by atoms with van der Waals surface area (Å²) >= 11 is 0. The van der Waals surface area contributed by atoms with Crippen LogP contribution in [0.1, 0.15) is 41.9 Å². The van der Waals surface area contributed by atoms with Crippen molar-refractivity contribution in [1.82, 2.24) is 5.32 Å². The highest BCUT2D eigenvalue weighted by atomic mass is 32.2. The molecule has 2 aromatic rings. The Hall–Kier alpha value is -2.95. The van der Waals surface area contributed by atoms with Crippen LogP contribution in [0.3, 0.4) is 0 Å². The van der Waals surface area contributed by atoms with E-state index in [1.807, 2.05) is 19.1 Å². The van der Waals surface area contributed by atoms with Gasteiger partial charge in [0.05, 0.1) is 17.4 Å². The van der Waals surface area contributed by atoms with E-state index in [0.29, 0.717) is 12.8 Å². The van der Waals surface area contributed by atoms with E-state index < -0.39 is 10.1 Å². The Bertz CT molecular complexity index is 1060. The summed E-state index contributed by atoms with van der Waals surface area (Å²) < 4.78 is 29.2. The number of hydrogen-bond acceptors (Lipinski definition) is 5. The third-order valence-corrected chi connectivity index (χ3v) is 5.89. The third-order valence-electron chi connectivity index (χ3n) is 4.56. The van der Waals surface area contributed by atoms with Crippen LogP contribution in [0.2, 0.25) is 0 Å². The van der Waals surface area contributed by atoms with Crippen molar-refractivity contribution in [2.24, 2.45) is 0 Å². The van der Waals surface area contributed by atoms with Crippen LogP contribution in [0.4, 0.5) is 0 Å². The van der Waals surface area contributed by atoms with Crippen molar-refractivity contribution in [2.75, 3.05) is 6.61 Å². The number of aryl methyl sites for hydroxylation is 1. The first-order valence-corrected chi connectivity index (χ1v) is 10.6. The SMILES string of the molecule is Cc1ccc(S(=O)(=O)OCCC#Cc2ccc(C3CCC(=O)NC3=O)cc2)cc1. The van der Waals surface area contributed by atoms with Gasteiger partial charge in [-0.3, -0.25) is 19.1 Å². The molecule has 0 radical (unpaired) electrons. The maximum atomic E-state index is 12.1. The maximum absolute atomic E-state index is 12.1. The molecule has 1 unspecified atom stereocenters. The van der Waals surface area contributed by atoms with Crippen molar-refractivity contribution in [3.63, 3.8) is 0 Å². The van der Waals surface area contributed by atoms with E-state index in [9.17, 15) is 18.0 Å². The van der Waals surface area contributed by atoms with Crippen LogP contribution in [-0.2, 0) is 23.9 Å². The molecule has 150 valence electrons. The smallest absolute Gasteiger partial charge is 0.296 e. The largest absolute Gasteiger partial charge is 0.297 e. The normalized spacial score (nSPS) is 16.7. The number of benzene rings is 2. The van der Waals surface area contributed by atoms with Gasteiger partial charge in [-0.1, -0.05) is 41.7 Å². The van der Waals surface area contributed by atoms with Gasteiger partial charge in [-0.2, -0.15) is 8.42 Å². The lowest BCUT2D eigenvalue weighted by atomic mass is 9.90. The monoisotopic (exact) mass is 411 g/mol. The average molecular weight is 411 g/mol. The van der Waals surface area contributed by atoms with Crippen molar-refractivity contribution in [1.29, 1.82) is 0 Å². The predicted molar refractivity (Wildman–Crippen MR) is 107 cm³/mol. The number of carbonyl (C=O) groups excluding carboxylic acids is 2. The van der Waals surface area contributed by atoms with Gasteiger partial charge in [-0.05, 0) is 43.2 Å². The average Bonchev–Trinajstić information content (AvgIpc) is 2.69. The molecule has 1 atom stereocenters. The fourth-order valence-electron chi connectivity index (χ4n) is 2.95. The highest BCUT2D eigenvalue weighted by molar-refractivity contribution is 7.86. The van der Waals surface area contributed by atoms with E-state index in [4.69, 9.17) is 4.18 Å². The summed E-state index contributed by atoms with van der Waals surface area (Å²) in [5, 5.41) is 2.35. The van der Waals surface area contributed by atoms with Crippen molar-refractivity contribution < 1.29 is 22.2 Å². The van der Waals surface area contributed by atoms with Crippen LogP contribution < -0.4 is 5.32 Å². The minimum Gasteiger partial charge on any atom is -0.296 e. The molecule has 2 amide bonds. The Kier molecular flexibility index (Phi) is 6.47. The van der Waals surface area contributed by atoms with Crippen molar-refractivity contribution in [3.05, 3.63) is 65.2 Å². The molecule has 0 spiro atoms. The molecule has 1 aliphatic rings. The van der Waals surface area contributed by atoms with Gasteiger partial charge in [0.1, 0.15) is 0 Å². The van der Waals surface area contributed by atoms with E-state index in [1.54, 1.807) is 24.3 Å². The Balaban J connectivity index is 1.52. The molecule has 1 fully saturated rings. The second-order valence-electron chi connectivity index (χ2n) is 6.77. The zero-order valence-electron chi connectivity index (χ0n) is 16.0. The summed E-state index contributed by atoms with van der Waals surface area (Å²) in [5.41, 5.74) is 2.56. The first kappa shape index (κ1) is 20.8. The first-order valence-electron chi connectivity index (χ1n) is 9.24. The van der Waals surface area contributed by atoms with Gasteiger partial charge in [-0.25, -0.2) is 0 Å². The van der Waals surface area contributed by atoms with E-state index >= 15 is 0 Å². The molecule has 1 saturated heterocycles. The lowest BCUT2D eigenvalue weighted by Crippen LogP contribution is -2.39. The van der Waals surface area contributed by atoms with Gasteiger partial charge in [-0.15, -0.1) is 0 Å². The van der Waals surface area contributed by atoms with Gasteiger partial charge in [0, 0.05) is 18.4 Å². The molecule has 6 nitrogen and oxygen atoms in total. The van der Waals surface area contributed by atoms with Gasteiger partial charge in [0.15, 0.2) is 0 Å². The zero-order chi connectivity index (χ0) is 20.9. The molecule has 7 heteroatoms. The Morgan fingerprint density at radius 3 is 2.41 bits per heavy atom. The standard InChI is InChI=1S/C22H21NO5S/c1-16-5-11-19(12-6-16)29(26,27)28-15-3-2-4-17-7-9-18(10-8-17)20-13-14-21(24)23-22(20)25/h5-12,20H,3,13-15H2,1H3,(H,23,24,25). The highest BCUT2D eigenvalue weighted by Gasteiger charge is 2.27. The molecule has 3 rings (SSSR count). The molecule has 0 saturated carbocycles. The summed E-state index contributed by atoms with van der Waals surface area (Å²) in [6, 6.07) is 13.7. The molecule has 1 aliphatic heterocycles. The number of amides is 2. The Labute approximate surface area is 170 Å². The van der Waals surface area contributed by atoms with Gasteiger partial charge in [0.2, 0.25) is 11.8 Å². The predicted octanol–water partition coefficient (Wildman–Crippen LogP) is 2.66. The molecule has 29 heavy (non-hydrogen) atoms. The van der Waals surface area contributed by atoms with Crippen molar-refractivity contribution in [3.8, 4) is 11.8 Å². The summed E-state index contributed by atoms with van der Waals surface area (Å²) in [4.78, 5) is 23.3. The zero-order valence-corrected chi connectivity index (χ0v) is 16.8. The molecule has 1 N–H and O–H groups in total. The quantitative estimate of drug-likeness (QED) is 0.354. The molecule has 2 aromatic carbocycles. The van der Waals surface area contributed by atoms with Gasteiger partial charge in [0.25, 0.3) is 10.1 Å². The lowest BCUT2D eigenvalue weighted by molar-refractivity contribution is -0.134. The minimum absolute atomic E-state index is 0.0302. The number of carbonyl (C=O) groups is 2. The number of imide groups is 1. The second kappa shape index (κ2) is 9.03. The van der Waals surface area contributed by atoms with Crippen LogP contribution in [0.15, 0.2) is 53.4 Å². The van der Waals surface area contributed by atoms with Crippen molar-refractivity contribution >= 4 is 21.9 Å². The molecule has 1 heterocycles. The number of rotatable bonds is 5. The van der Waals surface area contributed by atoms with Crippen LogP contribution in [0, 0.1) is 18.8 Å². The van der Waals surface area contributed by atoms with E-state index in [0.717, 1.165) is 16.7 Å². The van der Waals surface area contributed by atoms with Crippen LogP contribution in [-0.4, -0.2) is 26.8 Å². The van der Waals surface area contributed by atoms with Crippen LogP contribution >= 0.6 is 0 Å². The molecule has 0 aliphatic carbocycles. The number of nitrogens with one attached hydrogen (secondary N) is 1. The van der Waals surface area contributed by atoms with Crippen LogP contribution in [0.5, 0.6) is 0 Å². The van der Waals surface area contributed by atoms with E-state index in [2.05, 4.69) is 17.2 Å². The first-order chi connectivity index (χ1) is 13.8. The van der Waals surface area contributed by atoms with Crippen molar-refractivity contribution in [2.45, 2.75) is 37.0 Å². The minimum atomic E-state index is -3.78. The lowest BCUT2D eigenvalue weighted by Gasteiger charge is -2.20. The second-order valence-corrected chi connectivity index (χ2v) is 8.38. The summed E-state index contributed by atoms with van der Waals surface area (Å²) in [6.07, 6.45) is 1.10. The summed E-state index contributed by atoms with van der Waals surface area (Å²) in [7, 11) is -3.78. The Morgan fingerprint density at radius 2 is 1.76 bits per heavy atom. The molecule has 0 bridgehead atoms. The fraction of sp³-hybridized carbons (Fsp3) is 0.273. The highest BCUT2D eigenvalue weighted by Crippen LogP contribution is 2.24. The topological polar surface area (TPSA) is 89.5 Å². The summed E-state index contributed by atoms with van der Waals surface area (Å²) in [6.45, 7) is 1.85.